The molecule has 9 heteroatoms. The zero-order valence-corrected chi connectivity index (χ0v) is 16.3. The number of para-hydroxylation sites is 1. The maximum absolute atomic E-state index is 10.9. The number of nitrogens with two attached hydrogens (primary N) is 1. The van der Waals surface area contributed by atoms with Crippen LogP contribution in [0.1, 0.15) is 17.2 Å². The van der Waals surface area contributed by atoms with E-state index in [0.717, 1.165) is 27.6 Å². The monoisotopic (exact) mass is 415 g/mol. The molecule has 2 aromatic carbocycles. The second-order valence-corrected chi connectivity index (χ2v) is 7.65. The molecule has 0 spiro atoms. The molecule has 0 radical (unpaired) electrons. The molecule has 1 saturated heterocycles. The van der Waals surface area contributed by atoms with E-state index in [2.05, 4.69) is 10.2 Å². The van der Waals surface area contributed by atoms with Gasteiger partial charge in [0.05, 0.1) is 12.1 Å². The van der Waals surface area contributed by atoms with E-state index in [0.29, 0.717) is 11.4 Å². The Morgan fingerprint density at radius 3 is 2.60 bits per heavy atom. The van der Waals surface area contributed by atoms with Crippen LogP contribution in [0.3, 0.4) is 0 Å². The van der Waals surface area contributed by atoms with Gasteiger partial charge in [-0.2, -0.15) is 5.10 Å². The second-order valence-electron chi connectivity index (χ2n) is 7.65. The van der Waals surface area contributed by atoms with Crippen LogP contribution in [0, 0.1) is 6.92 Å². The number of anilines is 1. The van der Waals surface area contributed by atoms with E-state index in [1.54, 1.807) is 6.07 Å². The molecule has 0 aliphatic carbocycles. The number of benzene rings is 2. The average molecular weight is 415 g/mol. The number of aryl methyl sites for hydroxylation is 1. The van der Waals surface area contributed by atoms with Gasteiger partial charge in [0.2, 0.25) is 0 Å². The van der Waals surface area contributed by atoms with Crippen molar-refractivity contribution in [1.29, 1.82) is 0 Å². The van der Waals surface area contributed by atoms with Crippen molar-refractivity contribution in [2.24, 2.45) is 0 Å². The Kier molecular flexibility index (Phi) is 5.49. The molecule has 2 heterocycles. The molecule has 1 aliphatic heterocycles. The first-order chi connectivity index (χ1) is 14.3. The molecule has 30 heavy (non-hydrogen) atoms. The smallest absolute Gasteiger partial charge is 0.153 e. The van der Waals surface area contributed by atoms with E-state index in [-0.39, 0.29) is 0 Å². The van der Waals surface area contributed by atoms with Gasteiger partial charge in [-0.25, -0.2) is 0 Å². The topological polar surface area (TPSA) is 165 Å². The quantitative estimate of drug-likeness (QED) is 0.313. The number of fused-ring (bicyclic) bond motifs is 1. The number of ether oxygens (including phenoxy) is 1. The van der Waals surface area contributed by atoms with E-state index in [4.69, 9.17) is 10.5 Å². The number of aromatic amines is 1. The normalized spacial score (nSPS) is 28.0. The average Bonchev–Trinajstić information content (AvgIpc) is 3.13. The van der Waals surface area contributed by atoms with Gasteiger partial charge < -0.3 is 36.0 Å². The molecule has 0 amide bonds. The molecule has 160 valence electrons. The highest BCUT2D eigenvalue weighted by atomic mass is 16.6. The van der Waals surface area contributed by atoms with Crippen LogP contribution in [-0.4, -0.2) is 72.9 Å². The molecule has 8 N–H and O–H groups in total. The van der Waals surface area contributed by atoms with Crippen molar-refractivity contribution < 1.29 is 30.3 Å². The Bertz CT molecular complexity index is 1050. The summed E-state index contributed by atoms with van der Waals surface area (Å²) >= 11 is 0. The minimum Gasteiger partial charge on any atom is -0.394 e. The van der Waals surface area contributed by atoms with Crippen molar-refractivity contribution in [3.05, 3.63) is 47.5 Å². The van der Waals surface area contributed by atoms with E-state index in [1.165, 1.54) is 0 Å². The van der Waals surface area contributed by atoms with Gasteiger partial charge in [-0.1, -0.05) is 30.3 Å². The van der Waals surface area contributed by atoms with Crippen LogP contribution < -0.4 is 5.73 Å². The Labute approximate surface area is 172 Å². The number of hydrogen-bond donors (Lipinski definition) is 7. The summed E-state index contributed by atoms with van der Waals surface area (Å²) < 4.78 is 5.49. The lowest BCUT2D eigenvalue weighted by Crippen LogP contribution is -2.59. The van der Waals surface area contributed by atoms with Crippen molar-refractivity contribution in [1.82, 2.24) is 10.2 Å². The number of nitrogens with one attached hydrogen (secondary N) is 1. The fourth-order valence-electron chi connectivity index (χ4n) is 4.05. The number of aliphatic hydroxyl groups is 5. The van der Waals surface area contributed by atoms with Crippen LogP contribution in [0.4, 0.5) is 5.82 Å². The van der Waals surface area contributed by atoms with Crippen LogP contribution in [0.15, 0.2) is 36.4 Å². The summed E-state index contributed by atoms with van der Waals surface area (Å²) in [6.45, 7) is 1.26. The maximum atomic E-state index is 10.9. The van der Waals surface area contributed by atoms with Gasteiger partial charge in [-0.3, -0.25) is 5.10 Å². The van der Waals surface area contributed by atoms with E-state index in [9.17, 15) is 25.5 Å². The third-order valence-corrected chi connectivity index (χ3v) is 5.77. The van der Waals surface area contributed by atoms with Gasteiger partial charge in [0.25, 0.3) is 0 Å². The molecule has 0 saturated carbocycles. The highest BCUT2D eigenvalue weighted by Gasteiger charge is 2.46. The van der Waals surface area contributed by atoms with Gasteiger partial charge in [0.1, 0.15) is 36.6 Å². The summed E-state index contributed by atoms with van der Waals surface area (Å²) in [5.74, 6) is 0.415. The van der Waals surface area contributed by atoms with Crippen molar-refractivity contribution in [3.63, 3.8) is 0 Å². The second kappa shape index (κ2) is 7.95. The van der Waals surface area contributed by atoms with Crippen molar-refractivity contribution in [3.8, 4) is 11.1 Å². The van der Waals surface area contributed by atoms with Gasteiger partial charge in [-0.15, -0.1) is 0 Å². The zero-order valence-electron chi connectivity index (χ0n) is 16.3. The minimum atomic E-state index is -1.54. The molecule has 0 bridgehead atoms. The van der Waals surface area contributed by atoms with Crippen molar-refractivity contribution in [2.45, 2.75) is 43.5 Å². The number of nitrogen functional groups attached to an aromatic ring is 1. The maximum Gasteiger partial charge on any atom is 0.153 e. The minimum absolute atomic E-state index is 0.415. The summed E-state index contributed by atoms with van der Waals surface area (Å²) in [6.07, 6.45) is -8.09. The lowest BCUT2D eigenvalue weighted by atomic mass is 9.87. The SMILES string of the molecule is Cc1cc(-c2cccc3c(N)n[nH]c23)ccc1[C@@H](O)[C@H]1O[C@H](CO)[C@@H](O)[C@H](O)[C@@H]1O. The van der Waals surface area contributed by atoms with Crippen LogP contribution >= 0.6 is 0 Å². The predicted octanol–water partition coefficient (Wildman–Crippen LogP) is -0.00368. The highest BCUT2D eigenvalue weighted by molar-refractivity contribution is 5.99. The molecule has 1 aromatic heterocycles. The highest BCUT2D eigenvalue weighted by Crippen LogP contribution is 2.35. The Hall–Kier alpha value is -2.53. The first-order valence-electron chi connectivity index (χ1n) is 9.65. The Balaban J connectivity index is 1.66. The van der Waals surface area contributed by atoms with E-state index in [1.807, 2.05) is 37.3 Å². The first kappa shape index (κ1) is 20.7. The lowest BCUT2D eigenvalue weighted by Gasteiger charge is -2.42. The lowest BCUT2D eigenvalue weighted by molar-refractivity contribution is -0.250. The van der Waals surface area contributed by atoms with Gasteiger partial charge in [-0.05, 0) is 29.7 Å². The predicted molar refractivity (Wildman–Crippen MR) is 109 cm³/mol. The van der Waals surface area contributed by atoms with Gasteiger partial charge in [0.15, 0.2) is 5.82 Å². The van der Waals surface area contributed by atoms with Crippen molar-refractivity contribution in [2.75, 3.05) is 12.3 Å². The van der Waals surface area contributed by atoms with Crippen molar-refractivity contribution >= 4 is 16.7 Å². The number of hydrogen-bond acceptors (Lipinski definition) is 8. The zero-order chi connectivity index (χ0) is 21.6. The summed E-state index contributed by atoms with van der Waals surface area (Å²) in [4.78, 5) is 0. The fraction of sp³-hybridized carbons (Fsp3) is 0.381. The third kappa shape index (κ3) is 3.35. The molecule has 6 atom stereocenters. The number of aliphatic hydroxyl groups excluding tert-OH is 5. The van der Waals surface area contributed by atoms with Crippen LogP contribution in [0.5, 0.6) is 0 Å². The van der Waals surface area contributed by atoms with E-state index >= 15 is 0 Å². The third-order valence-electron chi connectivity index (χ3n) is 5.77. The summed E-state index contributed by atoms with van der Waals surface area (Å²) in [6, 6.07) is 11.1. The molecule has 1 aliphatic rings. The first-order valence-corrected chi connectivity index (χ1v) is 9.65. The van der Waals surface area contributed by atoms with Crippen LogP contribution in [-0.2, 0) is 4.74 Å². The molecule has 9 nitrogen and oxygen atoms in total. The number of rotatable bonds is 4. The molecule has 0 unspecified atom stereocenters. The summed E-state index contributed by atoms with van der Waals surface area (Å²) in [5, 5.41) is 58.3. The number of H-pyrrole nitrogens is 1. The molecular weight excluding hydrogens is 390 g/mol. The Morgan fingerprint density at radius 2 is 1.90 bits per heavy atom. The van der Waals surface area contributed by atoms with Gasteiger partial charge in [0, 0.05) is 10.9 Å². The molecule has 1 fully saturated rings. The number of aromatic nitrogens is 2. The van der Waals surface area contributed by atoms with Crippen LogP contribution in [0.2, 0.25) is 0 Å². The fourth-order valence-corrected chi connectivity index (χ4v) is 4.05. The largest absolute Gasteiger partial charge is 0.394 e. The van der Waals surface area contributed by atoms with Gasteiger partial charge >= 0.3 is 0 Å². The molecule has 3 aromatic rings. The van der Waals surface area contributed by atoms with Crippen LogP contribution in [0.25, 0.3) is 22.0 Å². The summed E-state index contributed by atoms with van der Waals surface area (Å²) in [7, 11) is 0. The molecular formula is C21H25N3O6. The number of nitrogens with zero attached hydrogens (tertiary/aromatic N) is 1. The Morgan fingerprint density at radius 1 is 1.13 bits per heavy atom. The summed E-state index contributed by atoms with van der Waals surface area (Å²) in [5.41, 5.74) is 9.70. The molecule has 4 rings (SSSR count). The van der Waals surface area contributed by atoms with E-state index < -0.39 is 43.2 Å². The standard InChI is InChI=1S/C21H25N3O6/c1-9-7-10(12-3-2-4-13-15(12)23-24-21(13)22)5-6-11(9)16(26)20-19(29)18(28)17(27)14(8-25)30-20/h2-7,14,16-20,25-29H,8H2,1H3,(H3,22,23,24)/t14-,16-,17-,18+,19+,20-/m1/s1.